The average molecular weight is 276 g/mol. The average Bonchev–Trinajstić information content (AvgIpc) is 2.65. The van der Waals surface area contributed by atoms with Crippen LogP contribution in [0.4, 0.5) is 4.39 Å². The highest BCUT2D eigenvalue weighted by molar-refractivity contribution is 6.32. The summed E-state index contributed by atoms with van der Waals surface area (Å²) in [5, 5.41) is 11.2. The minimum Gasteiger partial charge on any atom is -0.494 e. The summed E-state index contributed by atoms with van der Waals surface area (Å²) < 4.78 is 15.4. The summed E-state index contributed by atoms with van der Waals surface area (Å²) in [4.78, 5) is 0. The Hall–Kier alpha value is -2.00. The van der Waals surface area contributed by atoms with Gasteiger partial charge in [0.1, 0.15) is 11.5 Å². The van der Waals surface area contributed by atoms with E-state index >= 15 is 0 Å². The molecule has 0 fully saturated rings. The van der Waals surface area contributed by atoms with Gasteiger partial charge in [0.2, 0.25) is 0 Å². The molecule has 0 aliphatic carbocycles. The molecule has 0 atom stereocenters. The molecule has 3 aromatic rings. The summed E-state index contributed by atoms with van der Waals surface area (Å²) in [6.45, 7) is 1.96. The minimum atomic E-state index is -0.471. The van der Waals surface area contributed by atoms with Gasteiger partial charge in [0.15, 0.2) is 5.88 Å². The van der Waals surface area contributed by atoms with Crippen LogP contribution >= 0.6 is 11.6 Å². The standard InChI is InChI=1S/C15H11ClFNO/c1-9-5-6-13-10(7-9)8-14(19)18(13)15-11(16)3-2-4-12(15)17/h2-8,19H,1H3. The number of aromatic nitrogens is 1. The lowest BCUT2D eigenvalue weighted by Crippen LogP contribution is -1.98. The van der Waals surface area contributed by atoms with Crippen molar-refractivity contribution in [2.24, 2.45) is 0 Å². The van der Waals surface area contributed by atoms with Crippen LogP contribution in [0.5, 0.6) is 5.88 Å². The van der Waals surface area contributed by atoms with Crippen molar-refractivity contribution in [3.63, 3.8) is 0 Å². The Labute approximate surface area is 114 Å². The molecule has 1 aromatic heterocycles. The van der Waals surface area contributed by atoms with Gasteiger partial charge >= 0.3 is 0 Å². The highest BCUT2D eigenvalue weighted by Gasteiger charge is 2.16. The highest BCUT2D eigenvalue weighted by atomic mass is 35.5. The van der Waals surface area contributed by atoms with Crippen LogP contribution in [-0.4, -0.2) is 9.67 Å². The number of para-hydroxylation sites is 1. The molecule has 0 saturated carbocycles. The van der Waals surface area contributed by atoms with Crippen LogP contribution in [-0.2, 0) is 0 Å². The van der Waals surface area contributed by atoms with E-state index in [1.165, 1.54) is 16.7 Å². The van der Waals surface area contributed by atoms with Gasteiger partial charge in [-0.3, -0.25) is 4.57 Å². The maximum absolute atomic E-state index is 14.0. The van der Waals surface area contributed by atoms with E-state index in [9.17, 15) is 9.50 Å². The number of aryl methyl sites for hydroxylation is 1. The van der Waals surface area contributed by atoms with Gasteiger partial charge in [0.05, 0.1) is 10.5 Å². The van der Waals surface area contributed by atoms with Crippen molar-refractivity contribution in [1.82, 2.24) is 4.57 Å². The second kappa shape index (κ2) is 4.28. The van der Waals surface area contributed by atoms with E-state index < -0.39 is 5.82 Å². The van der Waals surface area contributed by atoms with Crippen molar-refractivity contribution in [1.29, 1.82) is 0 Å². The monoisotopic (exact) mass is 275 g/mol. The van der Waals surface area contributed by atoms with E-state index in [0.29, 0.717) is 0 Å². The van der Waals surface area contributed by atoms with Gasteiger partial charge in [-0.15, -0.1) is 0 Å². The molecule has 96 valence electrons. The first-order chi connectivity index (χ1) is 9.08. The molecule has 4 heteroatoms. The maximum atomic E-state index is 14.0. The van der Waals surface area contributed by atoms with Gasteiger partial charge < -0.3 is 5.11 Å². The number of rotatable bonds is 1. The second-order valence-electron chi connectivity index (χ2n) is 4.47. The SMILES string of the molecule is Cc1ccc2c(c1)cc(O)n2-c1c(F)cccc1Cl. The normalized spacial score (nSPS) is 11.1. The van der Waals surface area contributed by atoms with Crippen LogP contribution in [0.2, 0.25) is 5.02 Å². The molecule has 1 heterocycles. The summed E-state index contributed by atoms with van der Waals surface area (Å²) in [6, 6.07) is 11.7. The zero-order valence-electron chi connectivity index (χ0n) is 10.2. The van der Waals surface area contributed by atoms with Gasteiger partial charge in [0, 0.05) is 11.5 Å². The molecule has 2 aromatic carbocycles. The van der Waals surface area contributed by atoms with Gasteiger partial charge in [-0.1, -0.05) is 29.3 Å². The molecule has 1 N–H and O–H groups in total. The summed E-state index contributed by atoms with van der Waals surface area (Å²) in [5.41, 5.74) is 1.96. The van der Waals surface area contributed by atoms with Gasteiger partial charge in [-0.2, -0.15) is 0 Å². The number of halogens is 2. The molecule has 0 saturated heterocycles. The van der Waals surface area contributed by atoms with Crippen LogP contribution in [0, 0.1) is 12.7 Å². The number of fused-ring (bicyclic) bond motifs is 1. The molecule has 0 aliphatic heterocycles. The van der Waals surface area contributed by atoms with Crippen molar-refractivity contribution >= 4 is 22.5 Å². The molecule has 3 rings (SSSR count). The van der Waals surface area contributed by atoms with Gasteiger partial charge in [-0.05, 0) is 31.2 Å². The van der Waals surface area contributed by atoms with E-state index in [0.717, 1.165) is 16.5 Å². The predicted molar refractivity (Wildman–Crippen MR) is 74.6 cm³/mol. The van der Waals surface area contributed by atoms with E-state index in [1.54, 1.807) is 12.1 Å². The number of benzene rings is 2. The molecular formula is C15H11ClFNO. The summed E-state index contributed by atoms with van der Waals surface area (Å²) in [6.07, 6.45) is 0. The number of hydrogen-bond acceptors (Lipinski definition) is 1. The summed E-state index contributed by atoms with van der Waals surface area (Å²) >= 11 is 6.05. The lowest BCUT2D eigenvalue weighted by molar-refractivity contribution is 0.442. The Morgan fingerprint density at radius 3 is 2.68 bits per heavy atom. The first kappa shape index (κ1) is 12.1. The Balaban J connectivity index is 2.40. The van der Waals surface area contributed by atoms with Crippen LogP contribution in [0.15, 0.2) is 42.5 Å². The summed E-state index contributed by atoms with van der Waals surface area (Å²) in [5.74, 6) is -0.506. The Morgan fingerprint density at radius 1 is 1.16 bits per heavy atom. The highest BCUT2D eigenvalue weighted by Crippen LogP contribution is 2.33. The first-order valence-electron chi connectivity index (χ1n) is 5.83. The molecule has 2 nitrogen and oxygen atoms in total. The largest absolute Gasteiger partial charge is 0.494 e. The Bertz CT molecular complexity index is 759. The van der Waals surface area contributed by atoms with Crippen LogP contribution in [0.1, 0.15) is 5.56 Å². The van der Waals surface area contributed by atoms with Crippen molar-refractivity contribution in [3.05, 3.63) is 58.9 Å². The molecular weight excluding hydrogens is 265 g/mol. The van der Waals surface area contributed by atoms with E-state index in [4.69, 9.17) is 11.6 Å². The molecule has 0 amide bonds. The fraction of sp³-hybridized carbons (Fsp3) is 0.0667. The van der Waals surface area contributed by atoms with Crippen LogP contribution in [0.3, 0.4) is 0 Å². The molecule has 0 bridgehead atoms. The predicted octanol–water partition coefficient (Wildman–Crippen LogP) is 4.44. The van der Waals surface area contributed by atoms with E-state index in [2.05, 4.69) is 0 Å². The molecule has 0 radical (unpaired) electrons. The zero-order valence-corrected chi connectivity index (χ0v) is 10.9. The van der Waals surface area contributed by atoms with Gasteiger partial charge in [-0.25, -0.2) is 4.39 Å². The minimum absolute atomic E-state index is 0.0346. The van der Waals surface area contributed by atoms with Crippen molar-refractivity contribution in [2.45, 2.75) is 6.92 Å². The Kier molecular flexibility index (Phi) is 2.72. The third-order valence-electron chi connectivity index (χ3n) is 3.10. The summed E-state index contributed by atoms with van der Waals surface area (Å²) in [7, 11) is 0. The fourth-order valence-electron chi connectivity index (χ4n) is 2.26. The topological polar surface area (TPSA) is 25.2 Å². The third-order valence-corrected chi connectivity index (χ3v) is 3.40. The Morgan fingerprint density at radius 2 is 1.95 bits per heavy atom. The maximum Gasteiger partial charge on any atom is 0.196 e. The quantitative estimate of drug-likeness (QED) is 0.698. The van der Waals surface area contributed by atoms with Crippen LogP contribution in [0.25, 0.3) is 16.6 Å². The van der Waals surface area contributed by atoms with Gasteiger partial charge in [0.25, 0.3) is 0 Å². The fourth-order valence-corrected chi connectivity index (χ4v) is 2.51. The molecule has 0 spiro atoms. The molecule has 0 unspecified atom stereocenters. The lowest BCUT2D eigenvalue weighted by Gasteiger charge is -2.10. The third kappa shape index (κ3) is 1.87. The smallest absolute Gasteiger partial charge is 0.196 e. The van der Waals surface area contributed by atoms with E-state index in [1.807, 2.05) is 25.1 Å². The van der Waals surface area contributed by atoms with E-state index in [-0.39, 0.29) is 16.6 Å². The molecule has 19 heavy (non-hydrogen) atoms. The van der Waals surface area contributed by atoms with Crippen LogP contribution < -0.4 is 0 Å². The zero-order chi connectivity index (χ0) is 13.6. The van der Waals surface area contributed by atoms with Crippen molar-refractivity contribution in [3.8, 4) is 11.6 Å². The second-order valence-corrected chi connectivity index (χ2v) is 4.88. The number of nitrogens with zero attached hydrogens (tertiary/aromatic N) is 1. The number of hydrogen-bond donors (Lipinski definition) is 1. The lowest BCUT2D eigenvalue weighted by atomic mass is 10.2. The van der Waals surface area contributed by atoms with Crippen molar-refractivity contribution < 1.29 is 9.50 Å². The first-order valence-corrected chi connectivity index (χ1v) is 6.21. The van der Waals surface area contributed by atoms with Crippen molar-refractivity contribution in [2.75, 3.05) is 0 Å². The molecule has 0 aliphatic rings. The number of aromatic hydroxyl groups is 1.